The number of hydroxylamine groups is 3. The van der Waals surface area contributed by atoms with E-state index in [0.29, 0.717) is 5.57 Å². The van der Waals surface area contributed by atoms with Gasteiger partial charge >= 0.3 is 13.8 Å². The van der Waals surface area contributed by atoms with Gasteiger partial charge in [0.25, 0.3) is 0 Å². The molecule has 0 spiro atoms. The number of likely N-dealkylation sites (N-methyl/N-ethyl adjacent to an activating group) is 1. The Hall–Kier alpha value is -0.760. The summed E-state index contributed by atoms with van der Waals surface area (Å²) in [7, 11) is 1.09. The molecule has 2 unspecified atom stereocenters. The first-order chi connectivity index (χ1) is 10.5. The molecule has 8 nitrogen and oxygen atoms in total. The fourth-order valence-corrected chi connectivity index (χ4v) is 3.11. The van der Waals surface area contributed by atoms with Gasteiger partial charge in [0.2, 0.25) is 0 Å². The van der Waals surface area contributed by atoms with Gasteiger partial charge < -0.3 is 9.47 Å². The summed E-state index contributed by atoms with van der Waals surface area (Å²) in [5.41, 5.74) is 0.311. The maximum Gasteiger partial charge on any atom is 0.521 e. The van der Waals surface area contributed by atoms with E-state index in [1.165, 1.54) is 7.11 Å². The highest BCUT2D eigenvalue weighted by molar-refractivity contribution is 7.48. The lowest BCUT2D eigenvalue weighted by atomic mass is 10.3. The quantitative estimate of drug-likeness (QED) is 0.133. The number of rotatable bonds is 12. The molecule has 9 heteroatoms. The Bertz CT molecular complexity index is 439. The summed E-state index contributed by atoms with van der Waals surface area (Å²) >= 11 is 0. The monoisotopic (exact) mass is 354 g/mol. The lowest BCUT2D eigenvalue weighted by molar-refractivity contribution is -1.05. The van der Waals surface area contributed by atoms with Gasteiger partial charge in [0.1, 0.15) is 6.54 Å². The van der Waals surface area contributed by atoms with Gasteiger partial charge in [-0.2, -0.15) is 4.65 Å². The van der Waals surface area contributed by atoms with Crippen molar-refractivity contribution in [3.8, 4) is 0 Å². The molecule has 0 fully saturated rings. The number of phosphoric acid groups is 1. The highest BCUT2D eigenvalue weighted by Crippen LogP contribution is 2.51. The van der Waals surface area contributed by atoms with Crippen LogP contribution >= 0.6 is 7.82 Å². The topological polar surface area (TPSA) is 80.3 Å². The van der Waals surface area contributed by atoms with Crippen LogP contribution in [0.3, 0.4) is 0 Å². The van der Waals surface area contributed by atoms with Crippen LogP contribution < -0.4 is 0 Å². The number of hydrogen-bond acceptors (Lipinski definition) is 7. The number of carbonyl (C=O) groups is 1. The molecule has 136 valence electrons. The van der Waals surface area contributed by atoms with Crippen LogP contribution in [-0.2, 0) is 32.5 Å². The zero-order valence-electron chi connectivity index (χ0n) is 14.9. The Balaban J connectivity index is 4.72. The van der Waals surface area contributed by atoms with E-state index in [9.17, 15) is 9.36 Å². The third-order valence-corrected chi connectivity index (χ3v) is 4.21. The second kappa shape index (κ2) is 10.2. The van der Waals surface area contributed by atoms with Gasteiger partial charge in [-0.1, -0.05) is 11.2 Å². The predicted octanol–water partition coefficient (Wildman–Crippen LogP) is 2.31. The summed E-state index contributed by atoms with van der Waals surface area (Å²) in [4.78, 5) is 11.5. The van der Waals surface area contributed by atoms with Crippen molar-refractivity contribution in [3.05, 3.63) is 12.2 Å². The molecule has 0 radical (unpaired) electrons. The first kappa shape index (κ1) is 22.2. The summed E-state index contributed by atoms with van der Waals surface area (Å²) < 4.78 is 38.3. The molecular formula is C14H29NO7P+. The van der Waals surface area contributed by atoms with Crippen LogP contribution in [-0.4, -0.2) is 64.3 Å². The maximum atomic E-state index is 12.6. The zero-order chi connectivity index (χ0) is 18.1. The van der Waals surface area contributed by atoms with Crippen LogP contribution in [0.1, 0.15) is 20.8 Å². The summed E-state index contributed by atoms with van der Waals surface area (Å²) in [6.07, 6.45) is -0.469. The summed E-state index contributed by atoms with van der Waals surface area (Å²) in [5, 5.41) is 0. The van der Waals surface area contributed by atoms with Gasteiger partial charge in [-0.05, 0) is 20.8 Å². The van der Waals surface area contributed by atoms with Crippen LogP contribution in [0.15, 0.2) is 12.2 Å². The highest BCUT2D eigenvalue weighted by Gasteiger charge is 2.38. The molecule has 0 aliphatic carbocycles. The van der Waals surface area contributed by atoms with Crippen LogP contribution in [0.2, 0.25) is 0 Å². The normalized spacial score (nSPS) is 15.7. The molecule has 0 saturated carbocycles. The van der Waals surface area contributed by atoms with Crippen molar-refractivity contribution in [3.63, 3.8) is 0 Å². The molecule has 0 amide bonds. The minimum absolute atomic E-state index is 0.0774. The van der Waals surface area contributed by atoms with Crippen molar-refractivity contribution in [2.45, 2.75) is 26.9 Å². The molecule has 0 aromatic heterocycles. The molecule has 0 aromatic carbocycles. The van der Waals surface area contributed by atoms with E-state index in [4.69, 9.17) is 23.1 Å². The van der Waals surface area contributed by atoms with Gasteiger partial charge in [-0.3, -0.25) is 9.05 Å². The number of methoxy groups -OCH3 is 1. The Kier molecular flexibility index (Phi) is 9.84. The third-order valence-electron chi connectivity index (χ3n) is 2.50. The maximum absolute atomic E-state index is 12.6. The molecule has 0 saturated heterocycles. The van der Waals surface area contributed by atoms with Gasteiger partial charge in [-0.15, -0.1) is 0 Å². The van der Waals surface area contributed by atoms with E-state index < -0.39 is 19.9 Å². The van der Waals surface area contributed by atoms with Crippen LogP contribution in [0.25, 0.3) is 0 Å². The molecular weight excluding hydrogens is 325 g/mol. The number of hydrogen-bond donors (Lipinski definition) is 0. The predicted molar refractivity (Wildman–Crippen MR) is 85.5 cm³/mol. The number of phosphoric ester groups is 1. The van der Waals surface area contributed by atoms with Crippen LogP contribution in [0.4, 0.5) is 0 Å². The van der Waals surface area contributed by atoms with Gasteiger partial charge in [-0.25, -0.2) is 9.36 Å². The number of nitrogens with zero attached hydrogens (tertiary/aromatic N) is 1. The van der Waals surface area contributed by atoms with E-state index in [1.807, 2.05) is 0 Å². The second-order valence-corrected chi connectivity index (χ2v) is 7.10. The van der Waals surface area contributed by atoms with Crippen molar-refractivity contribution in [1.82, 2.24) is 0 Å². The van der Waals surface area contributed by atoms with E-state index in [-0.39, 0.29) is 31.0 Å². The van der Waals surface area contributed by atoms with E-state index in [0.717, 1.165) is 0 Å². The summed E-state index contributed by atoms with van der Waals surface area (Å²) in [6.45, 7) is 9.25. The number of ether oxygens (including phenoxy) is 2. The van der Waals surface area contributed by atoms with Gasteiger partial charge in [0, 0.05) is 12.7 Å². The van der Waals surface area contributed by atoms with E-state index in [2.05, 4.69) is 6.58 Å². The van der Waals surface area contributed by atoms with Crippen LogP contribution in [0.5, 0.6) is 0 Å². The molecule has 0 aromatic rings. The average molecular weight is 354 g/mol. The first-order valence-corrected chi connectivity index (χ1v) is 8.80. The smallest absolute Gasteiger partial charge is 0.453 e. The number of quaternary nitrogens is 1. The van der Waals surface area contributed by atoms with E-state index >= 15 is 0 Å². The second-order valence-electron chi connectivity index (χ2n) is 5.53. The molecule has 0 rings (SSSR count). The first-order valence-electron chi connectivity index (χ1n) is 7.34. The molecule has 0 aliphatic heterocycles. The summed E-state index contributed by atoms with van der Waals surface area (Å²) in [5.74, 6) is -0.484. The zero-order valence-corrected chi connectivity index (χ0v) is 15.8. The minimum Gasteiger partial charge on any atom is -0.453 e. The molecule has 0 bridgehead atoms. The van der Waals surface area contributed by atoms with Gasteiger partial charge in [0.15, 0.2) is 6.10 Å². The van der Waals surface area contributed by atoms with Crippen molar-refractivity contribution >= 4 is 13.8 Å². The lowest BCUT2D eigenvalue weighted by Gasteiger charge is -2.31. The van der Waals surface area contributed by atoms with Crippen molar-refractivity contribution in [2.75, 3.05) is 47.6 Å². The van der Waals surface area contributed by atoms with Crippen molar-refractivity contribution < 1.29 is 37.2 Å². The average Bonchev–Trinajstić information content (AvgIpc) is 2.37. The molecule has 0 heterocycles. The fourth-order valence-electron chi connectivity index (χ4n) is 1.72. The van der Waals surface area contributed by atoms with Crippen molar-refractivity contribution in [1.29, 1.82) is 0 Å². The Morgan fingerprint density at radius 2 is 1.87 bits per heavy atom. The summed E-state index contributed by atoms with van der Waals surface area (Å²) in [6, 6.07) is 0. The number of esters is 1. The molecule has 0 N–H and O–H groups in total. The van der Waals surface area contributed by atoms with Gasteiger partial charge in [0.05, 0.1) is 33.9 Å². The Morgan fingerprint density at radius 1 is 1.26 bits per heavy atom. The number of carbonyl (C=O) groups excluding carboxylic acids is 1. The minimum atomic E-state index is -3.75. The molecule has 2 atom stereocenters. The molecule has 23 heavy (non-hydrogen) atoms. The highest BCUT2D eigenvalue weighted by atomic mass is 31.2. The SMILES string of the molecule is C=C(C)C(=O)OC(C)C[N+](C)(C)OP(=O)(OCC)OCCOC. The lowest BCUT2D eigenvalue weighted by Crippen LogP contribution is -2.45. The largest absolute Gasteiger partial charge is 0.521 e. The van der Waals surface area contributed by atoms with E-state index in [1.54, 1.807) is 34.9 Å². The molecule has 0 aliphatic rings. The third kappa shape index (κ3) is 9.86. The Morgan fingerprint density at radius 3 is 2.35 bits per heavy atom. The van der Waals surface area contributed by atoms with Crippen molar-refractivity contribution in [2.24, 2.45) is 0 Å². The Labute approximate surface area is 138 Å². The fraction of sp³-hybridized carbons (Fsp3) is 0.786. The standard InChI is InChI=1S/C14H29NO7P/c1-8-19-23(17,20-10-9-18-7)22-15(5,6)11-13(4)21-14(16)12(2)3/h13H,2,8-11H2,1,3-7H3/q+1. The van der Waals surface area contributed by atoms with Crippen LogP contribution in [0, 0.1) is 0 Å².